The zero-order valence-electron chi connectivity index (χ0n) is 6.27. The second kappa shape index (κ2) is 1.97. The van der Waals surface area contributed by atoms with Gasteiger partial charge in [-0.05, 0) is 12.8 Å². The van der Waals surface area contributed by atoms with Crippen molar-refractivity contribution in [3.63, 3.8) is 0 Å². The van der Waals surface area contributed by atoms with Crippen molar-refractivity contribution in [3.05, 3.63) is 0 Å². The Hall–Kier alpha value is -0.120. The molecule has 5 atom stereocenters. The third-order valence-electron chi connectivity index (χ3n) is 3.28. The van der Waals surface area contributed by atoms with Gasteiger partial charge in [0.05, 0.1) is 18.8 Å². The predicted molar refractivity (Wildman–Crippen MR) is 36.8 cm³/mol. The maximum atomic E-state index is 9.42. The van der Waals surface area contributed by atoms with E-state index in [1.54, 1.807) is 0 Å². The number of ether oxygens (including phenoxy) is 2. The lowest BCUT2D eigenvalue weighted by atomic mass is 9.81. The molecule has 3 fully saturated rings. The summed E-state index contributed by atoms with van der Waals surface area (Å²) in [5, 5.41) is 9.42. The van der Waals surface area contributed by atoms with Crippen molar-refractivity contribution in [1.29, 1.82) is 0 Å². The SMILES string of the molecule is OC1OC[C@@H]2[C@H]1[C@@H]1CC[C@H]2O1. The van der Waals surface area contributed by atoms with E-state index in [0.29, 0.717) is 24.7 Å². The lowest BCUT2D eigenvalue weighted by molar-refractivity contribution is -0.105. The van der Waals surface area contributed by atoms with E-state index in [0.717, 1.165) is 6.42 Å². The van der Waals surface area contributed by atoms with Crippen LogP contribution >= 0.6 is 0 Å². The standard InChI is InChI=1S/C8H12O3/c9-8-7-4(3-10-8)5-1-2-6(7)11-5/h4-9H,1-3H2/t4-,5+,6-,7-,8?/m0/s1. The highest BCUT2D eigenvalue weighted by molar-refractivity contribution is 4.99. The minimum Gasteiger partial charge on any atom is -0.374 e. The third-order valence-corrected chi connectivity index (χ3v) is 3.28. The molecule has 0 amide bonds. The third kappa shape index (κ3) is 0.687. The highest BCUT2D eigenvalue weighted by atomic mass is 16.6. The number of aliphatic hydroxyl groups is 1. The van der Waals surface area contributed by atoms with Crippen LogP contribution in [0.1, 0.15) is 12.8 Å². The van der Waals surface area contributed by atoms with Gasteiger partial charge in [-0.1, -0.05) is 0 Å². The summed E-state index contributed by atoms with van der Waals surface area (Å²) in [5.74, 6) is 0.775. The molecule has 0 aromatic rings. The van der Waals surface area contributed by atoms with Gasteiger partial charge in [0.1, 0.15) is 0 Å². The highest BCUT2D eigenvalue weighted by Crippen LogP contribution is 2.48. The quantitative estimate of drug-likeness (QED) is 0.541. The van der Waals surface area contributed by atoms with Crippen molar-refractivity contribution < 1.29 is 14.6 Å². The predicted octanol–water partition coefficient (Wildman–Crippen LogP) is 0.129. The van der Waals surface area contributed by atoms with Crippen molar-refractivity contribution >= 4 is 0 Å². The van der Waals surface area contributed by atoms with Gasteiger partial charge in [0.15, 0.2) is 6.29 Å². The summed E-state index contributed by atoms with van der Waals surface area (Å²) in [6.07, 6.45) is 2.42. The van der Waals surface area contributed by atoms with Gasteiger partial charge >= 0.3 is 0 Å². The first kappa shape index (κ1) is 6.40. The van der Waals surface area contributed by atoms with Gasteiger partial charge in [-0.15, -0.1) is 0 Å². The van der Waals surface area contributed by atoms with Crippen molar-refractivity contribution in [2.24, 2.45) is 11.8 Å². The molecule has 0 aliphatic carbocycles. The summed E-state index contributed by atoms with van der Waals surface area (Å²) in [5.41, 5.74) is 0. The topological polar surface area (TPSA) is 38.7 Å². The van der Waals surface area contributed by atoms with Crippen LogP contribution in [0.25, 0.3) is 0 Å². The number of aliphatic hydroxyl groups excluding tert-OH is 1. The van der Waals surface area contributed by atoms with E-state index in [2.05, 4.69) is 0 Å². The Labute approximate surface area is 65.3 Å². The smallest absolute Gasteiger partial charge is 0.160 e. The summed E-state index contributed by atoms with van der Waals surface area (Å²) in [6, 6.07) is 0. The van der Waals surface area contributed by atoms with Crippen LogP contribution in [0.3, 0.4) is 0 Å². The minimum absolute atomic E-state index is 0.286. The van der Waals surface area contributed by atoms with Gasteiger partial charge in [0, 0.05) is 11.8 Å². The van der Waals surface area contributed by atoms with Gasteiger partial charge < -0.3 is 14.6 Å². The number of hydrogen-bond acceptors (Lipinski definition) is 3. The average molecular weight is 156 g/mol. The molecule has 0 radical (unpaired) electrons. The summed E-state index contributed by atoms with van der Waals surface area (Å²) in [7, 11) is 0. The van der Waals surface area contributed by atoms with Crippen LogP contribution < -0.4 is 0 Å². The summed E-state index contributed by atoms with van der Waals surface area (Å²) in [6.45, 7) is 0.701. The van der Waals surface area contributed by atoms with Gasteiger partial charge in [0.2, 0.25) is 0 Å². The molecule has 3 nitrogen and oxygen atoms in total. The van der Waals surface area contributed by atoms with E-state index in [-0.39, 0.29) is 5.92 Å². The molecule has 3 saturated heterocycles. The van der Waals surface area contributed by atoms with E-state index in [9.17, 15) is 5.11 Å². The van der Waals surface area contributed by atoms with Gasteiger partial charge in [-0.2, -0.15) is 0 Å². The molecule has 1 unspecified atom stereocenters. The number of fused-ring (bicyclic) bond motifs is 5. The molecule has 3 heterocycles. The Bertz CT molecular complexity index is 182. The largest absolute Gasteiger partial charge is 0.374 e. The Balaban J connectivity index is 1.91. The van der Waals surface area contributed by atoms with E-state index in [1.165, 1.54) is 6.42 Å². The van der Waals surface area contributed by atoms with E-state index >= 15 is 0 Å². The van der Waals surface area contributed by atoms with Gasteiger partial charge in [0.25, 0.3) is 0 Å². The molecular formula is C8H12O3. The molecule has 0 spiro atoms. The Morgan fingerprint density at radius 2 is 2.00 bits per heavy atom. The Morgan fingerprint density at radius 1 is 1.18 bits per heavy atom. The summed E-state index contributed by atoms with van der Waals surface area (Å²) < 4.78 is 10.8. The molecular weight excluding hydrogens is 144 g/mol. The summed E-state index contributed by atoms with van der Waals surface area (Å²) >= 11 is 0. The molecule has 62 valence electrons. The fraction of sp³-hybridized carbons (Fsp3) is 1.00. The second-order valence-electron chi connectivity index (χ2n) is 3.76. The molecule has 3 aliphatic heterocycles. The van der Waals surface area contributed by atoms with Crippen LogP contribution in [0.2, 0.25) is 0 Å². The van der Waals surface area contributed by atoms with Crippen LogP contribution in [0, 0.1) is 11.8 Å². The second-order valence-corrected chi connectivity index (χ2v) is 3.76. The van der Waals surface area contributed by atoms with Crippen molar-refractivity contribution in [1.82, 2.24) is 0 Å². The van der Waals surface area contributed by atoms with E-state index < -0.39 is 6.29 Å². The first-order valence-corrected chi connectivity index (χ1v) is 4.31. The Morgan fingerprint density at radius 3 is 2.82 bits per heavy atom. The fourth-order valence-electron chi connectivity index (χ4n) is 2.75. The molecule has 3 heteroatoms. The average Bonchev–Trinajstić information content (AvgIpc) is 2.60. The Kier molecular flexibility index (Phi) is 1.15. The van der Waals surface area contributed by atoms with Crippen LogP contribution in [-0.2, 0) is 9.47 Å². The normalized spacial score (nSPS) is 60.3. The van der Waals surface area contributed by atoms with Crippen molar-refractivity contribution in [2.75, 3.05) is 6.61 Å². The first-order chi connectivity index (χ1) is 5.36. The number of hydrogen-bond donors (Lipinski definition) is 1. The lowest BCUT2D eigenvalue weighted by Crippen LogP contribution is -2.30. The van der Waals surface area contributed by atoms with Crippen molar-refractivity contribution in [3.8, 4) is 0 Å². The fourth-order valence-corrected chi connectivity index (χ4v) is 2.75. The molecule has 11 heavy (non-hydrogen) atoms. The monoisotopic (exact) mass is 156 g/mol. The van der Waals surface area contributed by atoms with E-state index in [1.807, 2.05) is 0 Å². The van der Waals surface area contributed by atoms with E-state index in [4.69, 9.17) is 9.47 Å². The highest BCUT2D eigenvalue weighted by Gasteiger charge is 2.55. The molecule has 3 aliphatic rings. The van der Waals surface area contributed by atoms with Gasteiger partial charge in [-0.3, -0.25) is 0 Å². The first-order valence-electron chi connectivity index (χ1n) is 4.31. The molecule has 2 bridgehead atoms. The molecule has 3 rings (SSSR count). The maximum absolute atomic E-state index is 9.42. The summed E-state index contributed by atoms with van der Waals surface area (Å²) in [4.78, 5) is 0. The van der Waals surface area contributed by atoms with Crippen LogP contribution in [0.4, 0.5) is 0 Å². The molecule has 1 N–H and O–H groups in total. The van der Waals surface area contributed by atoms with Crippen molar-refractivity contribution in [2.45, 2.75) is 31.3 Å². The minimum atomic E-state index is -0.546. The zero-order valence-corrected chi connectivity index (χ0v) is 6.27. The maximum Gasteiger partial charge on any atom is 0.160 e. The lowest BCUT2D eigenvalue weighted by Gasteiger charge is -2.19. The van der Waals surface area contributed by atoms with Gasteiger partial charge in [-0.25, -0.2) is 0 Å². The molecule has 0 aromatic carbocycles. The van der Waals surface area contributed by atoms with Crippen LogP contribution in [-0.4, -0.2) is 30.2 Å². The zero-order chi connectivity index (χ0) is 7.42. The molecule has 0 aromatic heterocycles. The van der Waals surface area contributed by atoms with Crippen LogP contribution in [0.15, 0.2) is 0 Å². The van der Waals surface area contributed by atoms with Crippen LogP contribution in [0.5, 0.6) is 0 Å². The number of rotatable bonds is 0. The molecule has 0 saturated carbocycles.